The van der Waals surface area contributed by atoms with Crippen LogP contribution >= 0.6 is 0 Å². The molecule has 32 heavy (non-hydrogen) atoms. The summed E-state index contributed by atoms with van der Waals surface area (Å²) in [5.41, 5.74) is 8.54. The number of hydrogen-bond acceptors (Lipinski definition) is 4. The molecule has 0 fully saturated rings. The van der Waals surface area contributed by atoms with Crippen LogP contribution in [-0.2, 0) is 6.54 Å². The van der Waals surface area contributed by atoms with E-state index in [4.69, 9.17) is 0 Å². The molecule has 0 saturated heterocycles. The van der Waals surface area contributed by atoms with Crippen molar-refractivity contribution in [2.24, 2.45) is 0 Å². The monoisotopic (exact) mass is 418 g/mol. The molecular weight excluding hydrogens is 392 g/mol. The molecule has 158 valence electrons. The molecule has 0 radical (unpaired) electrons. The van der Waals surface area contributed by atoms with E-state index < -0.39 is 0 Å². The van der Waals surface area contributed by atoms with Gasteiger partial charge in [-0.05, 0) is 59.9 Å². The molecule has 4 nitrogen and oxygen atoms in total. The Bertz CT molecular complexity index is 1270. The average Bonchev–Trinajstić information content (AvgIpc) is 2.82. The fraction of sp³-hybridized carbons (Fsp3) is 0.107. The fourth-order valence-corrected chi connectivity index (χ4v) is 3.64. The number of anilines is 1. The van der Waals surface area contributed by atoms with Crippen LogP contribution in [0.3, 0.4) is 0 Å². The molecular formula is C28H26N4. The molecule has 0 atom stereocenters. The molecule has 2 heterocycles. The van der Waals surface area contributed by atoms with E-state index in [1.54, 1.807) is 0 Å². The Hall–Kier alpha value is -4.05. The van der Waals surface area contributed by atoms with Crippen molar-refractivity contribution in [1.82, 2.24) is 15.0 Å². The van der Waals surface area contributed by atoms with E-state index in [9.17, 15) is 0 Å². The minimum Gasteiger partial charge on any atom is -0.366 e. The minimum absolute atomic E-state index is 0.679. The maximum Gasteiger partial charge on any atom is 0.130 e. The molecule has 0 amide bonds. The molecule has 0 aliphatic heterocycles. The number of hydrogen-bond donors (Lipinski definition) is 1. The molecule has 0 bridgehead atoms. The second-order valence-electron chi connectivity index (χ2n) is 7.67. The van der Waals surface area contributed by atoms with Crippen molar-refractivity contribution in [2.45, 2.75) is 20.4 Å². The lowest BCUT2D eigenvalue weighted by atomic mass is 10.0. The zero-order valence-electron chi connectivity index (χ0n) is 18.5. The average molecular weight is 419 g/mol. The number of aromatic nitrogens is 3. The Kier molecular flexibility index (Phi) is 6.22. The van der Waals surface area contributed by atoms with Gasteiger partial charge in [-0.3, -0.25) is 4.98 Å². The topological polar surface area (TPSA) is 50.7 Å². The van der Waals surface area contributed by atoms with Gasteiger partial charge >= 0.3 is 0 Å². The predicted octanol–water partition coefficient (Wildman–Crippen LogP) is 6.72. The smallest absolute Gasteiger partial charge is 0.130 e. The van der Waals surface area contributed by atoms with Crippen LogP contribution in [0.2, 0.25) is 0 Å². The molecule has 2 aromatic heterocycles. The van der Waals surface area contributed by atoms with E-state index in [1.807, 2.05) is 50.4 Å². The molecule has 0 unspecified atom stereocenters. The van der Waals surface area contributed by atoms with Gasteiger partial charge in [0, 0.05) is 30.1 Å². The molecule has 4 heteroatoms. The van der Waals surface area contributed by atoms with Crippen molar-refractivity contribution in [3.63, 3.8) is 0 Å². The first-order valence-electron chi connectivity index (χ1n) is 10.6. The largest absolute Gasteiger partial charge is 0.366 e. The van der Waals surface area contributed by atoms with Crippen molar-refractivity contribution < 1.29 is 0 Å². The molecule has 0 saturated carbocycles. The van der Waals surface area contributed by atoms with E-state index in [-0.39, 0.29) is 0 Å². The lowest BCUT2D eigenvalue weighted by molar-refractivity contribution is 1.03. The summed E-state index contributed by atoms with van der Waals surface area (Å²) in [5, 5.41) is 3.43. The molecule has 2 aromatic carbocycles. The zero-order chi connectivity index (χ0) is 22.5. The maximum absolute atomic E-state index is 4.63. The van der Waals surface area contributed by atoms with Crippen LogP contribution in [0.5, 0.6) is 0 Å². The first-order valence-corrected chi connectivity index (χ1v) is 10.6. The summed E-state index contributed by atoms with van der Waals surface area (Å²) in [6, 6.07) is 20.8. The number of benzene rings is 2. The Morgan fingerprint density at radius 2 is 1.53 bits per heavy atom. The van der Waals surface area contributed by atoms with Gasteiger partial charge in [-0.2, -0.15) is 0 Å². The van der Waals surface area contributed by atoms with Crippen LogP contribution in [0.25, 0.3) is 34.5 Å². The summed E-state index contributed by atoms with van der Waals surface area (Å²) in [4.78, 5) is 13.5. The van der Waals surface area contributed by atoms with E-state index in [1.165, 1.54) is 16.7 Å². The lowest BCUT2D eigenvalue weighted by Gasteiger charge is -2.11. The second kappa shape index (κ2) is 9.40. The van der Waals surface area contributed by atoms with E-state index in [2.05, 4.69) is 75.9 Å². The van der Waals surface area contributed by atoms with Gasteiger partial charge in [0.15, 0.2) is 0 Å². The van der Waals surface area contributed by atoms with Crippen molar-refractivity contribution in [1.29, 1.82) is 0 Å². The van der Waals surface area contributed by atoms with E-state index in [0.717, 1.165) is 39.7 Å². The summed E-state index contributed by atoms with van der Waals surface area (Å²) in [6.07, 6.45) is 5.52. The molecule has 4 aromatic rings. The van der Waals surface area contributed by atoms with Gasteiger partial charge in [0.25, 0.3) is 0 Å². The number of rotatable bonds is 7. The molecule has 4 rings (SSSR count). The van der Waals surface area contributed by atoms with Gasteiger partial charge in [-0.25, -0.2) is 9.97 Å². The quantitative estimate of drug-likeness (QED) is 0.362. The fourth-order valence-electron chi connectivity index (χ4n) is 3.64. The highest BCUT2D eigenvalue weighted by atomic mass is 15.0. The SMILES string of the molecule is C=Cc1ccc(-c2cc(NCc3ccc(-c4ccnc(C)c4)cc3)nc(C)n2)cc1C=C. The highest BCUT2D eigenvalue weighted by molar-refractivity contribution is 5.72. The third kappa shape index (κ3) is 4.81. The predicted molar refractivity (Wildman–Crippen MR) is 134 cm³/mol. The van der Waals surface area contributed by atoms with Gasteiger partial charge in [0.1, 0.15) is 11.6 Å². The number of nitrogens with one attached hydrogen (secondary N) is 1. The first-order chi connectivity index (χ1) is 15.6. The number of pyridine rings is 1. The van der Waals surface area contributed by atoms with Crippen molar-refractivity contribution >= 4 is 18.0 Å². The summed E-state index contributed by atoms with van der Waals surface area (Å²) in [6.45, 7) is 12.4. The third-order valence-corrected chi connectivity index (χ3v) is 5.32. The standard InChI is InChI=1S/C28H26N4/c1-5-22-11-12-26(16-23(22)6-2)27-17-28(32-20(4)31-27)30-18-21-7-9-24(10-8-21)25-13-14-29-19(3)15-25/h5-17H,1-2,18H2,3-4H3,(H,30,31,32). The highest BCUT2D eigenvalue weighted by Gasteiger charge is 2.07. The van der Waals surface area contributed by atoms with Crippen LogP contribution in [0.4, 0.5) is 5.82 Å². The van der Waals surface area contributed by atoms with Crippen LogP contribution in [-0.4, -0.2) is 15.0 Å². The van der Waals surface area contributed by atoms with Gasteiger partial charge in [-0.1, -0.05) is 61.7 Å². The number of aryl methyl sites for hydroxylation is 2. The molecule has 0 aliphatic rings. The minimum atomic E-state index is 0.679. The van der Waals surface area contributed by atoms with Crippen molar-refractivity contribution in [2.75, 3.05) is 5.32 Å². The van der Waals surface area contributed by atoms with Crippen LogP contribution in [0, 0.1) is 13.8 Å². The van der Waals surface area contributed by atoms with Gasteiger partial charge < -0.3 is 5.32 Å². The molecule has 0 aliphatic carbocycles. The highest BCUT2D eigenvalue weighted by Crippen LogP contribution is 2.25. The Morgan fingerprint density at radius 1 is 0.781 bits per heavy atom. The molecule has 1 N–H and O–H groups in total. The normalized spacial score (nSPS) is 10.6. The summed E-state index contributed by atoms with van der Waals surface area (Å²) >= 11 is 0. The van der Waals surface area contributed by atoms with Crippen LogP contribution in [0.15, 0.2) is 80.0 Å². The summed E-state index contributed by atoms with van der Waals surface area (Å²) in [5.74, 6) is 1.52. The van der Waals surface area contributed by atoms with Crippen molar-refractivity contribution in [3.8, 4) is 22.4 Å². The van der Waals surface area contributed by atoms with E-state index in [0.29, 0.717) is 6.54 Å². The lowest BCUT2D eigenvalue weighted by Crippen LogP contribution is -2.04. The van der Waals surface area contributed by atoms with Gasteiger partial charge in [0.2, 0.25) is 0 Å². The zero-order valence-corrected chi connectivity index (χ0v) is 18.5. The summed E-state index contributed by atoms with van der Waals surface area (Å²) in [7, 11) is 0. The Balaban J connectivity index is 1.51. The van der Waals surface area contributed by atoms with Gasteiger partial charge in [-0.15, -0.1) is 0 Å². The Morgan fingerprint density at radius 3 is 2.25 bits per heavy atom. The third-order valence-electron chi connectivity index (χ3n) is 5.32. The number of nitrogens with zero attached hydrogens (tertiary/aromatic N) is 3. The second-order valence-corrected chi connectivity index (χ2v) is 7.67. The van der Waals surface area contributed by atoms with Crippen molar-refractivity contribution in [3.05, 3.63) is 108 Å². The van der Waals surface area contributed by atoms with Crippen LogP contribution in [0.1, 0.15) is 28.2 Å². The maximum atomic E-state index is 4.63. The molecule has 0 spiro atoms. The first kappa shape index (κ1) is 21.2. The van der Waals surface area contributed by atoms with Crippen LogP contribution < -0.4 is 5.32 Å². The Labute approximate surface area is 189 Å². The van der Waals surface area contributed by atoms with Gasteiger partial charge in [0.05, 0.1) is 5.69 Å². The summed E-state index contributed by atoms with van der Waals surface area (Å²) < 4.78 is 0. The van der Waals surface area contributed by atoms with E-state index >= 15 is 0 Å².